The van der Waals surface area contributed by atoms with E-state index in [2.05, 4.69) is 10.3 Å². The maximum Gasteiger partial charge on any atom is 0.256 e. The van der Waals surface area contributed by atoms with Gasteiger partial charge >= 0.3 is 0 Å². The van der Waals surface area contributed by atoms with Gasteiger partial charge in [0.2, 0.25) is 0 Å². The molecular weight excluding hydrogens is 340 g/mol. The lowest BCUT2D eigenvalue weighted by Gasteiger charge is -2.11. The number of oxazole rings is 1. The Bertz CT molecular complexity index is 1090. The predicted octanol–water partition coefficient (Wildman–Crippen LogP) is 4.97. The number of rotatable bonds is 5. The second kappa shape index (κ2) is 7.33. The van der Waals surface area contributed by atoms with Gasteiger partial charge in [-0.1, -0.05) is 36.4 Å². The summed E-state index contributed by atoms with van der Waals surface area (Å²) in [5, 5.41) is 2.92. The van der Waals surface area contributed by atoms with E-state index >= 15 is 0 Å². The number of hydrogen-bond donors (Lipinski definition) is 1. The van der Waals surface area contributed by atoms with E-state index < -0.39 is 0 Å². The van der Waals surface area contributed by atoms with Crippen LogP contribution < -0.4 is 10.1 Å². The molecule has 0 radical (unpaired) electrons. The van der Waals surface area contributed by atoms with Crippen LogP contribution >= 0.6 is 0 Å². The van der Waals surface area contributed by atoms with E-state index in [1.54, 1.807) is 31.2 Å². The summed E-state index contributed by atoms with van der Waals surface area (Å²) in [6, 6.07) is 22.3. The van der Waals surface area contributed by atoms with Crippen LogP contribution in [0.15, 0.2) is 77.2 Å². The largest absolute Gasteiger partial charge is 0.489 e. The first kappa shape index (κ1) is 16.8. The third-order valence-corrected chi connectivity index (χ3v) is 4.15. The van der Waals surface area contributed by atoms with Gasteiger partial charge < -0.3 is 14.5 Å². The number of carbonyl (C=O) groups is 1. The molecule has 0 bridgehead atoms. The van der Waals surface area contributed by atoms with Crippen molar-refractivity contribution in [3.63, 3.8) is 0 Å². The molecule has 0 saturated heterocycles. The SMILES string of the molecule is Cc1nc2cc(NC(=O)c3ccccc3COc3ccccc3)ccc2o1. The summed E-state index contributed by atoms with van der Waals surface area (Å²) in [6.45, 7) is 2.11. The molecule has 1 heterocycles. The highest BCUT2D eigenvalue weighted by atomic mass is 16.5. The highest BCUT2D eigenvalue weighted by molar-refractivity contribution is 6.05. The first-order valence-corrected chi connectivity index (χ1v) is 8.63. The minimum atomic E-state index is -0.193. The number of nitrogens with zero attached hydrogens (tertiary/aromatic N) is 1. The van der Waals surface area contributed by atoms with E-state index in [0.29, 0.717) is 34.8 Å². The van der Waals surface area contributed by atoms with Crippen LogP contribution in [0.3, 0.4) is 0 Å². The summed E-state index contributed by atoms with van der Waals surface area (Å²) in [5.74, 6) is 1.17. The predicted molar refractivity (Wildman–Crippen MR) is 104 cm³/mol. The lowest BCUT2D eigenvalue weighted by Crippen LogP contribution is -2.15. The standard InChI is InChI=1S/C22H18N2O3/c1-15-23-20-13-17(11-12-21(20)27-15)24-22(25)19-10-6-5-7-16(19)14-26-18-8-3-2-4-9-18/h2-13H,14H2,1H3,(H,24,25). The molecular formula is C22H18N2O3. The molecule has 0 atom stereocenters. The number of nitrogens with one attached hydrogen (secondary N) is 1. The lowest BCUT2D eigenvalue weighted by molar-refractivity contribution is 0.102. The highest BCUT2D eigenvalue weighted by Crippen LogP contribution is 2.21. The van der Waals surface area contributed by atoms with Crippen LogP contribution in [0.25, 0.3) is 11.1 Å². The molecule has 4 rings (SSSR count). The quantitative estimate of drug-likeness (QED) is 0.547. The van der Waals surface area contributed by atoms with E-state index in [9.17, 15) is 4.79 Å². The number of fused-ring (bicyclic) bond motifs is 1. The fourth-order valence-electron chi connectivity index (χ4n) is 2.86. The van der Waals surface area contributed by atoms with Gasteiger partial charge in [0.1, 0.15) is 17.9 Å². The van der Waals surface area contributed by atoms with Crippen molar-refractivity contribution in [1.29, 1.82) is 0 Å². The average Bonchev–Trinajstić information content (AvgIpc) is 3.06. The van der Waals surface area contributed by atoms with Crippen molar-refractivity contribution in [3.05, 3.63) is 89.8 Å². The van der Waals surface area contributed by atoms with E-state index in [4.69, 9.17) is 9.15 Å². The van der Waals surface area contributed by atoms with Crippen molar-refractivity contribution in [2.75, 3.05) is 5.32 Å². The monoisotopic (exact) mass is 358 g/mol. The summed E-state index contributed by atoms with van der Waals surface area (Å²) in [4.78, 5) is 17.1. The maximum atomic E-state index is 12.8. The van der Waals surface area contributed by atoms with Gasteiger partial charge in [0, 0.05) is 23.7 Å². The van der Waals surface area contributed by atoms with Crippen molar-refractivity contribution in [1.82, 2.24) is 4.98 Å². The number of carbonyl (C=O) groups excluding carboxylic acids is 1. The molecule has 5 heteroatoms. The molecule has 3 aromatic carbocycles. The molecule has 134 valence electrons. The number of amides is 1. The van der Waals surface area contributed by atoms with Crippen LogP contribution in [-0.2, 0) is 6.61 Å². The molecule has 1 N–H and O–H groups in total. The van der Waals surface area contributed by atoms with Crippen LogP contribution in [0.2, 0.25) is 0 Å². The van der Waals surface area contributed by atoms with Crippen molar-refractivity contribution >= 4 is 22.7 Å². The number of ether oxygens (including phenoxy) is 1. The van der Waals surface area contributed by atoms with Crippen molar-refractivity contribution in [2.24, 2.45) is 0 Å². The number of para-hydroxylation sites is 1. The Morgan fingerprint density at radius 3 is 2.67 bits per heavy atom. The zero-order chi connectivity index (χ0) is 18.6. The minimum absolute atomic E-state index is 0.193. The Kier molecular flexibility index (Phi) is 4.58. The summed E-state index contributed by atoms with van der Waals surface area (Å²) in [6.07, 6.45) is 0. The Labute approximate surface area is 156 Å². The second-order valence-electron chi connectivity index (χ2n) is 6.13. The molecule has 1 amide bonds. The normalized spacial score (nSPS) is 10.7. The molecule has 0 aliphatic rings. The van der Waals surface area contributed by atoms with Crippen LogP contribution in [-0.4, -0.2) is 10.9 Å². The summed E-state index contributed by atoms with van der Waals surface area (Å²) >= 11 is 0. The number of benzene rings is 3. The number of aromatic nitrogens is 1. The average molecular weight is 358 g/mol. The Morgan fingerprint density at radius 1 is 1.04 bits per heavy atom. The summed E-state index contributed by atoms with van der Waals surface area (Å²) in [5.41, 5.74) is 3.47. The second-order valence-corrected chi connectivity index (χ2v) is 6.13. The molecule has 0 saturated carbocycles. The van der Waals surface area contributed by atoms with E-state index in [1.165, 1.54) is 0 Å². The van der Waals surface area contributed by atoms with Crippen LogP contribution in [0, 0.1) is 6.92 Å². The summed E-state index contributed by atoms with van der Waals surface area (Å²) < 4.78 is 11.3. The van der Waals surface area contributed by atoms with Gasteiger partial charge in [0.15, 0.2) is 11.5 Å². The van der Waals surface area contributed by atoms with Crippen LogP contribution in [0.4, 0.5) is 5.69 Å². The van der Waals surface area contributed by atoms with Crippen molar-refractivity contribution < 1.29 is 13.9 Å². The van der Waals surface area contributed by atoms with Gasteiger partial charge in [0.05, 0.1) is 0 Å². The van der Waals surface area contributed by atoms with Crippen molar-refractivity contribution in [3.8, 4) is 5.75 Å². The van der Waals surface area contributed by atoms with Gasteiger partial charge in [0.25, 0.3) is 5.91 Å². The van der Waals surface area contributed by atoms with Gasteiger partial charge in [-0.15, -0.1) is 0 Å². The number of anilines is 1. The lowest BCUT2D eigenvalue weighted by atomic mass is 10.1. The van der Waals surface area contributed by atoms with Gasteiger partial charge in [-0.25, -0.2) is 4.98 Å². The third-order valence-electron chi connectivity index (χ3n) is 4.15. The zero-order valence-electron chi connectivity index (χ0n) is 14.8. The zero-order valence-corrected chi connectivity index (χ0v) is 14.8. The molecule has 5 nitrogen and oxygen atoms in total. The van der Waals surface area contributed by atoms with Gasteiger partial charge in [-0.05, 0) is 36.4 Å². The Hall–Kier alpha value is -3.60. The molecule has 0 fully saturated rings. The first-order chi connectivity index (χ1) is 13.2. The molecule has 0 unspecified atom stereocenters. The van der Waals surface area contributed by atoms with E-state index in [0.717, 1.165) is 11.3 Å². The summed E-state index contributed by atoms with van der Waals surface area (Å²) in [7, 11) is 0. The van der Waals surface area contributed by atoms with E-state index in [1.807, 2.05) is 48.5 Å². The number of hydrogen-bond acceptors (Lipinski definition) is 4. The smallest absolute Gasteiger partial charge is 0.256 e. The molecule has 0 aliphatic heterocycles. The topological polar surface area (TPSA) is 64.4 Å². The van der Waals surface area contributed by atoms with E-state index in [-0.39, 0.29) is 5.91 Å². The number of aryl methyl sites for hydroxylation is 1. The van der Waals surface area contributed by atoms with Crippen LogP contribution in [0.1, 0.15) is 21.8 Å². The first-order valence-electron chi connectivity index (χ1n) is 8.63. The highest BCUT2D eigenvalue weighted by Gasteiger charge is 2.13. The third kappa shape index (κ3) is 3.82. The van der Waals surface area contributed by atoms with Gasteiger partial charge in [-0.3, -0.25) is 4.79 Å². The minimum Gasteiger partial charge on any atom is -0.489 e. The Morgan fingerprint density at radius 2 is 1.81 bits per heavy atom. The molecule has 0 spiro atoms. The van der Waals surface area contributed by atoms with Gasteiger partial charge in [-0.2, -0.15) is 0 Å². The molecule has 0 aliphatic carbocycles. The molecule has 1 aromatic heterocycles. The van der Waals surface area contributed by atoms with Crippen molar-refractivity contribution in [2.45, 2.75) is 13.5 Å². The molecule has 27 heavy (non-hydrogen) atoms. The maximum absolute atomic E-state index is 12.8. The molecule has 4 aromatic rings. The Balaban J connectivity index is 1.52. The fourth-order valence-corrected chi connectivity index (χ4v) is 2.86. The fraction of sp³-hybridized carbons (Fsp3) is 0.0909. The van der Waals surface area contributed by atoms with Crippen LogP contribution in [0.5, 0.6) is 5.75 Å².